The van der Waals surface area contributed by atoms with Gasteiger partial charge in [0.2, 0.25) is 0 Å². The molecule has 0 radical (unpaired) electrons. The molecule has 21 heavy (non-hydrogen) atoms. The van der Waals surface area contributed by atoms with Gasteiger partial charge in [0.1, 0.15) is 5.75 Å². The minimum absolute atomic E-state index is 0.0306. The molecule has 5 heteroatoms. The third-order valence-corrected chi connectivity index (χ3v) is 4.01. The molecule has 1 amide bonds. The van der Waals surface area contributed by atoms with Crippen LogP contribution < -0.4 is 10.1 Å². The summed E-state index contributed by atoms with van der Waals surface area (Å²) in [6, 6.07) is 7.12. The Labute approximate surface area is 131 Å². The van der Waals surface area contributed by atoms with Crippen molar-refractivity contribution in [1.29, 1.82) is 0 Å². The molecule has 1 heterocycles. The molecule has 2 rings (SSSR count). The van der Waals surface area contributed by atoms with Crippen LogP contribution in [0.3, 0.4) is 0 Å². The maximum Gasteiger partial charge on any atom is 0.260 e. The lowest BCUT2D eigenvalue weighted by atomic mass is 9.99. The number of hydrogen-bond donors (Lipinski definition) is 1. The number of piperidine rings is 1. The fourth-order valence-corrected chi connectivity index (χ4v) is 2.77. The molecule has 116 valence electrons. The lowest BCUT2D eigenvalue weighted by molar-refractivity contribution is -0.133. The number of carbonyl (C=O) groups excluding carboxylic acids is 1. The number of hydrogen-bond acceptors (Lipinski definition) is 3. The van der Waals surface area contributed by atoms with E-state index in [1.165, 1.54) is 12.8 Å². The predicted molar refractivity (Wildman–Crippen MR) is 84.8 cm³/mol. The first-order valence-electron chi connectivity index (χ1n) is 7.56. The summed E-state index contributed by atoms with van der Waals surface area (Å²) in [7, 11) is 0. The Kier molecular flexibility index (Phi) is 6.33. The van der Waals surface area contributed by atoms with E-state index in [2.05, 4.69) is 5.32 Å². The van der Waals surface area contributed by atoms with Crippen molar-refractivity contribution < 1.29 is 9.53 Å². The van der Waals surface area contributed by atoms with E-state index in [4.69, 9.17) is 16.3 Å². The van der Waals surface area contributed by atoms with Crippen LogP contribution >= 0.6 is 11.6 Å². The second kappa shape index (κ2) is 8.25. The van der Waals surface area contributed by atoms with Crippen LogP contribution in [0.2, 0.25) is 5.02 Å². The second-order valence-electron chi connectivity index (χ2n) is 5.39. The molecule has 1 aliphatic heterocycles. The Morgan fingerprint density at radius 3 is 3.05 bits per heavy atom. The predicted octanol–water partition coefficient (Wildman–Crippen LogP) is 2.57. The van der Waals surface area contributed by atoms with Gasteiger partial charge in [0.05, 0.1) is 0 Å². The Morgan fingerprint density at radius 2 is 2.38 bits per heavy atom. The minimum Gasteiger partial charge on any atom is -0.484 e. The highest BCUT2D eigenvalue weighted by atomic mass is 35.5. The summed E-state index contributed by atoms with van der Waals surface area (Å²) in [6.07, 6.45) is 2.38. The molecule has 0 saturated carbocycles. The largest absolute Gasteiger partial charge is 0.484 e. The molecule has 1 atom stereocenters. The lowest BCUT2D eigenvalue weighted by Gasteiger charge is -2.29. The SMILES string of the molecule is CCN(CC1CCCNC1)C(=O)COc1cccc(Cl)c1. The van der Waals surface area contributed by atoms with E-state index in [-0.39, 0.29) is 12.5 Å². The number of ether oxygens (including phenoxy) is 1. The van der Waals surface area contributed by atoms with Gasteiger partial charge < -0.3 is 15.0 Å². The lowest BCUT2D eigenvalue weighted by Crippen LogP contribution is -2.42. The summed E-state index contributed by atoms with van der Waals surface area (Å²) < 4.78 is 5.53. The first-order valence-corrected chi connectivity index (χ1v) is 7.93. The number of nitrogens with zero attached hydrogens (tertiary/aromatic N) is 1. The van der Waals surface area contributed by atoms with Crippen LogP contribution in [-0.4, -0.2) is 43.6 Å². The van der Waals surface area contributed by atoms with Crippen molar-refractivity contribution in [2.24, 2.45) is 5.92 Å². The van der Waals surface area contributed by atoms with Crippen molar-refractivity contribution in [1.82, 2.24) is 10.2 Å². The number of carbonyl (C=O) groups is 1. The minimum atomic E-state index is 0.0306. The van der Waals surface area contributed by atoms with Gasteiger partial charge in [-0.25, -0.2) is 0 Å². The van der Waals surface area contributed by atoms with Crippen molar-refractivity contribution in [2.45, 2.75) is 19.8 Å². The van der Waals surface area contributed by atoms with Gasteiger partial charge in [-0.1, -0.05) is 17.7 Å². The maximum atomic E-state index is 12.3. The fourth-order valence-electron chi connectivity index (χ4n) is 2.59. The van der Waals surface area contributed by atoms with Gasteiger partial charge in [0.15, 0.2) is 6.61 Å². The quantitative estimate of drug-likeness (QED) is 0.878. The standard InChI is InChI=1S/C16H23ClN2O2/c1-2-19(11-13-5-4-8-18-10-13)16(20)12-21-15-7-3-6-14(17)9-15/h3,6-7,9,13,18H,2,4-5,8,10-12H2,1H3. The zero-order chi connectivity index (χ0) is 15.1. The molecule has 1 saturated heterocycles. The summed E-state index contributed by atoms with van der Waals surface area (Å²) in [5.74, 6) is 1.21. The van der Waals surface area contributed by atoms with E-state index in [1.54, 1.807) is 18.2 Å². The molecule has 4 nitrogen and oxygen atoms in total. The number of amides is 1. The first kappa shape index (κ1) is 16.1. The van der Waals surface area contributed by atoms with Gasteiger partial charge in [-0.05, 0) is 57.0 Å². The van der Waals surface area contributed by atoms with Crippen molar-refractivity contribution in [3.8, 4) is 5.75 Å². The third-order valence-electron chi connectivity index (χ3n) is 3.77. The monoisotopic (exact) mass is 310 g/mol. The van der Waals surface area contributed by atoms with Gasteiger partial charge in [-0.15, -0.1) is 0 Å². The van der Waals surface area contributed by atoms with Crippen molar-refractivity contribution >= 4 is 17.5 Å². The molecule has 1 N–H and O–H groups in total. The van der Waals surface area contributed by atoms with Gasteiger partial charge in [-0.2, -0.15) is 0 Å². The van der Waals surface area contributed by atoms with Crippen LogP contribution in [-0.2, 0) is 4.79 Å². The van der Waals surface area contributed by atoms with Crippen molar-refractivity contribution in [3.05, 3.63) is 29.3 Å². The highest BCUT2D eigenvalue weighted by molar-refractivity contribution is 6.30. The Bertz CT molecular complexity index is 461. The number of halogens is 1. The van der Waals surface area contributed by atoms with Crippen LogP contribution in [0.25, 0.3) is 0 Å². The van der Waals surface area contributed by atoms with Gasteiger partial charge in [0.25, 0.3) is 5.91 Å². The van der Waals surface area contributed by atoms with Crippen molar-refractivity contribution in [2.75, 3.05) is 32.8 Å². The molecule has 1 fully saturated rings. The topological polar surface area (TPSA) is 41.6 Å². The van der Waals surface area contributed by atoms with E-state index in [9.17, 15) is 4.79 Å². The molecular formula is C16H23ClN2O2. The normalized spacial score (nSPS) is 18.3. The number of likely N-dealkylation sites (N-methyl/N-ethyl adjacent to an activating group) is 1. The molecular weight excluding hydrogens is 288 g/mol. The molecule has 1 aromatic carbocycles. The highest BCUT2D eigenvalue weighted by Gasteiger charge is 2.19. The average molecular weight is 311 g/mol. The Balaban J connectivity index is 1.82. The molecule has 0 bridgehead atoms. The van der Waals surface area contributed by atoms with E-state index in [1.807, 2.05) is 17.9 Å². The highest BCUT2D eigenvalue weighted by Crippen LogP contribution is 2.17. The first-order chi connectivity index (χ1) is 10.2. The molecule has 0 aliphatic carbocycles. The van der Waals surface area contributed by atoms with E-state index in [0.717, 1.165) is 19.6 Å². The Morgan fingerprint density at radius 1 is 1.52 bits per heavy atom. The van der Waals surface area contributed by atoms with Gasteiger partial charge >= 0.3 is 0 Å². The van der Waals surface area contributed by atoms with Crippen molar-refractivity contribution in [3.63, 3.8) is 0 Å². The molecule has 0 aromatic heterocycles. The van der Waals surface area contributed by atoms with E-state index >= 15 is 0 Å². The molecule has 1 unspecified atom stereocenters. The summed E-state index contributed by atoms with van der Waals surface area (Å²) in [6.45, 7) is 5.69. The number of nitrogens with one attached hydrogen (secondary N) is 1. The van der Waals surface area contributed by atoms with Crippen LogP contribution in [0.4, 0.5) is 0 Å². The summed E-state index contributed by atoms with van der Waals surface area (Å²) >= 11 is 5.90. The molecule has 1 aliphatic rings. The summed E-state index contributed by atoms with van der Waals surface area (Å²) in [4.78, 5) is 14.1. The zero-order valence-corrected chi connectivity index (χ0v) is 13.2. The maximum absolute atomic E-state index is 12.3. The van der Waals surface area contributed by atoms with Gasteiger partial charge in [0, 0.05) is 18.1 Å². The van der Waals surface area contributed by atoms with Gasteiger partial charge in [-0.3, -0.25) is 4.79 Å². The van der Waals surface area contributed by atoms with E-state index in [0.29, 0.717) is 23.2 Å². The number of benzene rings is 1. The van der Waals surface area contributed by atoms with Crippen LogP contribution in [0.5, 0.6) is 5.75 Å². The summed E-state index contributed by atoms with van der Waals surface area (Å²) in [5, 5.41) is 4.00. The third kappa shape index (κ3) is 5.21. The zero-order valence-electron chi connectivity index (χ0n) is 12.5. The number of rotatable bonds is 6. The fraction of sp³-hybridized carbons (Fsp3) is 0.562. The second-order valence-corrected chi connectivity index (χ2v) is 5.83. The Hall–Kier alpha value is -1.26. The van der Waals surface area contributed by atoms with Crippen LogP contribution in [0, 0.1) is 5.92 Å². The smallest absolute Gasteiger partial charge is 0.260 e. The molecule has 0 spiro atoms. The summed E-state index contributed by atoms with van der Waals surface area (Å²) in [5.41, 5.74) is 0. The average Bonchev–Trinajstić information content (AvgIpc) is 2.51. The van der Waals surface area contributed by atoms with Crippen LogP contribution in [0.15, 0.2) is 24.3 Å². The molecule has 1 aromatic rings. The van der Waals surface area contributed by atoms with E-state index < -0.39 is 0 Å². The van der Waals surface area contributed by atoms with Crippen LogP contribution in [0.1, 0.15) is 19.8 Å².